The molecule has 1 N–H and O–H groups in total. The minimum atomic E-state index is -3.86. The second-order valence-corrected chi connectivity index (χ2v) is 9.81. The van der Waals surface area contributed by atoms with Gasteiger partial charge in [-0.2, -0.15) is 0 Å². The van der Waals surface area contributed by atoms with E-state index in [1.807, 2.05) is 0 Å². The summed E-state index contributed by atoms with van der Waals surface area (Å²) in [5.74, 6) is -0.767. The van der Waals surface area contributed by atoms with E-state index in [1.54, 1.807) is 13.0 Å². The number of sulfonamides is 1. The van der Waals surface area contributed by atoms with Gasteiger partial charge in [0.1, 0.15) is 18.4 Å². The first-order valence-corrected chi connectivity index (χ1v) is 12.5. The second kappa shape index (κ2) is 10.7. The normalized spacial score (nSPS) is 13.3. The van der Waals surface area contributed by atoms with E-state index in [-0.39, 0.29) is 30.7 Å². The number of benzene rings is 2. The third-order valence-electron chi connectivity index (χ3n) is 5.52. The number of amides is 2. The molecule has 0 aliphatic carbocycles. The molecule has 184 valence electrons. The van der Waals surface area contributed by atoms with Crippen molar-refractivity contribution < 1.29 is 31.9 Å². The zero-order valence-corrected chi connectivity index (χ0v) is 20.1. The summed E-state index contributed by atoms with van der Waals surface area (Å²) in [6, 6.07) is 9.34. The van der Waals surface area contributed by atoms with Crippen molar-refractivity contribution in [2.24, 2.45) is 0 Å². The molecule has 0 fully saturated rings. The SMILES string of the molecule is CC[C@@H](C(=O)NC)N(Cc1ccc(F)cc1)C(=O)CN(c1ccc2c(c1)OCO2)S(=O)(=O)CC. The molecular weight excluding hydrogens is 465 g/mol. The topological polar surface area (TPSA) is 105 Å². The number of hydrogen-bond acceptors (Lipinski definition) is 6. The summed E-state index contributed by atoms with van der Waals surface area (Å²) in [4.78, 5) is 27.4. The number of hydrogen-bond donors (Lipinski definition) is 1. The summed E-state index contributed by atoms with van der Waals surface area (Å²) >= 11 is 0. The maximum Gasteiger partial charge on any atom is 0.244 e. The van der Waals surface area contributed by atoms with Crippen molar-refractivity contribution in [3.05, 3.63) is 53.8 Å². The van der Waals surface area contributed by atoms with Gasteiger partial charge in [-0.05, 0) is 43.2 Å². The number of likely N-dealkylation sites (N-methyl/N-ethyl adjacent to an activating group) is 1. The number of rotatable bonds is 10. The van der Waals surface area contributed by atoms with E-state index in [1.165, 1.54) is 55.3 Å². The van der Waals surface area contributed by atoms with Crippen LogP contribution in [0.3, 0.4) is 0 Å². The van der Waals surface area contributed by atoms with Gasteiger partial charge in [-0.1, -0.05) is 19.1 Å². The van der Waals surface area contributed by atoms with Gasteiger partial charge < -0.3 is 19.7 Å². The lowest BCUT2D eigenvalue weighted by atomic mass is 10.1. The molecule has 0 radical (unpaired) electrons. The highest BCUT2D eigenvalue weighted by Gasteiger charge is 2.32. The highest BCUT2D eigenvalue weighted by Crippen LogP contribution is 2.36. The molecule has 3 rings (SSSR count). The van der Waals surface area contributed by atoms with E-state index >= 15 is 0 Å². The molecule has 1 aliphatic heterocycles. The Morgan fingerprint density at radius 1 is 1.09 bits per heavy atom. The van der Waals surface area contributed by atoms with E-state index in [4.69, 9.17) is 9.47 Å². The largest absolute Gasteiger partial charge is 0.454 e. The van der Waals surface area contributed by atoms with Crippen LogP contribution in [0, 0.1) is 5.82 Å². The van der Waals surface area contributed by atoms with E-state index in [0.29, 0.717) is 23.5 Å². The molecule has 2 aromatic rings. The summed E-state index contributed by atoms with van der Waals surface area (Å²) < 4.78 is 50.9. The van der Waals surface area contributed by atoms with Gasteiger partial charge in [0.2, 0.25) is 28.6 Å². The fourth-order valence-electron chi connectivity index (χ4n) is 3.63. The van der Waals surface area contributed by atoms with Crippen LogP contribution < -0.4 is 19.1 Å². The van der Waals surface area contributed by atoms with Gasteiger partial charge in [0.25, 0.3) is 0 Å². The van der Waals surface area contributed by atoms with Gasteiger partial charge in [-0.3, -0.25) is 13.9 Å². The van der Waals surface area contributed by atoms with Crippen molar-refractivity contribution in [1.82, 2.24) is 10.2 Å². The number of carbonyl (C=O) groups is 2. The average Bonchev–Trinajstić information content (AvgIpc) is 3.31. The molecule has 0 aromatic heterocycles. The lowest BCUT2D eigenvalue weighted by Gasteiger charge is -2.33. The predicted molar refractivity (Wildman–Crippen MR) is 124 cm³/mol. The maximum atomic E-state index is 13.5. The third kappa shape index (κ3) is 5.58. The Hall–Kier alpha value is -3.34. The number of carbonyl (C=O) groups excluding carboxylic acids is 2. The van der Waals surface area contributed by atoms with Crippen LogP contribution in [0.15, 0.2) is 42.5 Å². The van der Waals surface area contributed by atoms with E-state index in [2.05, 4.69) is 5.32 Å². The van der Waals surface area contributed by atoms with Crippen LogP contribution in [0.4, 0.5) is 10.1 Å². The Labute approximate surface area is 198 Å². The van der Waals surface area contributed by atoms with Gasteiger partial charge in [-0.15, -0.1) is 0 Å². The van der Waals surface area contributed by atoms with Crippen molar-refractivity contribution in [3.8, 4) is 11.5 Å². The van der Waals surface area contributed by atoms with Crippen molar-refractivity contribution in [2.45, 2.75) is 32.9 Å². The smallest absolute Gasteiger partial charge is 0.244 e. The quantitative estimate of drug-likeness (QED) is 0.544. The zero-order valence-electron chi connectivity index (χ0n) is 19.3. The van der Waals surface area contributed by atoms with Gasteiger partial charge in [0, 0.05) is 19.7 Å². The average molecular weight is 494 g/mol. The Bertz CT molecular complexity index is 1140. The van der Waals surface area contributed by atoms with Crippen molar-refractivity contribution >= 4 is 27.5 Å². The van der Waals surface area contributed by atoms with E-state index in [9.17, 15) is 22.4 Å². The third-order valence-corrected chi connectivity index (χ3v) is 7.26. The fourth-order valence-corrected chi connectivity index (χ4v) is 4.69. The molecule has 0 spiro atoms. The van der Waals surface area contributed by atoms with Gasteiger partial charge >= 0.3 is 0 Å². The molecule has 11 heteroatoms. The molecule has 0 unspecified atom stereocenters. The number of fused-ring (bicyclic) bond motifs is 1. The Balaban J connectivity index is 1.96. The molecule has 0 saturated carbocycles. The Morgan fingerprint density at radius 3 is 2.38 bits per heavy atom. The zero-order chi connectivity index (χ0) is 24.9. The molecule has 1 atom stereocenters. The first-order chi connectivity index (χ1) is 16.2. The van der Waals surface area contributed by atoms with E-state index < -0.39 is 34.3 Å². The number of nitrogens with one attached hydrogen (secondary N) is 1. The number of ether oxygens (including phenoxy) is 2. The van der Waals surface area contributed by atoms with Gasteiger partial charge in [-0.25, -0.2) is 12.8 Å². The van der Waals surface area contributed by atoms with Crippen molar-refractivity contribution in [3.63, 3.8) is 0 Å². The maximum absolute atomic E-state index is 13.5. The van der Waals surface area contributed by atoms with Crippen LogP contribution in [0.1, 0.15) is 25.8 Å². The Morgan fingerprint density at radius 2 is 1.76 bits per heavy atom. The van der Waals surface area contributed by atoms with Crippen molar-refractivity contribution in [1.29, 1.82) is 0 Å². The van der Waals surface area contributed by atoms with Crippen LogP contribution in [0.5, 0.6) is 11.5 Å². The summed E-state index contributed by atoms with van der Waals surface area (Å²) in [6.07, 6.45) is 0.303. The summed E-state index contributed by atoms with van der Waals surface area (Å²) in [6.45, 7) is 2.74. The lowest BCUT2D eigenvalue weighted by molar-refractivity contribution is -0.140. The number of anilines is 1. The van der Waals surface area contributed by atoms with Gasteiger partial charge in [0.05, 0.1) is 11.4 Å². The highest BCUT2D eigenvalue weighted by molar-refractivity contribution is 7.92. The molecule has 0 bridgehead atoms. The molecule has 2 amide bonds. The van der Waals surface area contributed by atoms with Crippen LogP contribution in [0.25, 0.3) is 0 Å². The van der Waals surface area contributed by atoms with Crippen molar-refractivity contribution in [2.75, 3.05) is 30.4 Å². The minimum Gasteiger partial charge on any atom is -0.454 e. The summed E-state index contributed by atoms with van der Waals surface area (Å²) in [5, 5.41) is 2.55. The number of halogens is 1. The van der Waals surface area contributed by atoms with Crippen LogP contribution in [-0.4, -0.2) is 57.3 Å². The molecule has 34 heavy (non-hydrogen) atoms. The molecule has 2 aromatic carbocycles. The monoisotopic (exact) mass is 493 g/mol. The standard InChI is InChI=1S/C23H28FN3O6S/c1-4-19(23(29)25-3)26(13-16-6-8-17(24)9-7-16)22(28)14-27(34(30,31)5-2)18-10-11-20-21(12-18)33-15-32-20/h6-12,19H,4-5,13-15H2,1-3H3,(H,25,29)/t19-/m0/s1. The second-order valence-electron chi connectivity index (χ2n) is 7.63. The first kappa shape index (κ1) is 25.3. The molecule has 1 heterocycles. The molecule has 0 saturated heterocycles. The minimum absolute atomic E-state index is 0.00614. The molecule has 9 nitrogen and oxygen atoms in total. The highest BCUT2D eigenvalue weighted by atomic mass is 32.2. The predicted octanol–water partition coefficient (Wildman–Crippen LogP) is 2.26. The summed E-state index contributed by atoms with van der Waals surface area (Å²) in [5.41, 5.74) is 0.847. The molecular formula is C23H28FN3O6S. The van der Waals surface area contributed by atoms with Crippen LogP contribution in [-0.2, 0) is 26.2 Å². The van der Waals surface area contributed by atoms with Gasteiger partial charge in [0.15, 0.2) is 11.5 Å². The van der Waals surface area contributed by atoms with E-state index in [0.717, 1.165) is 4.31 Å². The lowest BCUT2D eigenvalue weighted by Crippen LogP contribution is -2.52. The van der Waals surface area contributed by atoms with Crippen LogP contribution >= 0.6 is 0 Å². The molecule has 1 aliphatic rings. The fraction of sp³-hybridized carbons (Fsp3) is 0.391. The van der Waals surface area contributed by atoms with Crippen LogP contribution in [0.2, 0.25) is 0 Å². The number of nitrogens with zero attached hydrogens (tertiary/aromatic N) is 2. The first-order valence-electron chi connectivity index (χ1n) is 10.9. The Kier molecular flexibility index (Phi) is 7.98. The summed E-state index contributed by atoms with van der Waals surface area (Å²) in [7, 11) is -2.39.